The van der Waals surface area contributed by atoms with E-state index in [1.54, 1.807) is 6.07 Å². The molecule has 29 heavy (non-hydrogen) atoms. The number of nitrogens with zero attached hydrogens (tertiary/aromatic N) is 3. The number of morpholine rings is 1. The number of sulfonamides is 1. The highest BCUT2D eigenvalue weighted by atomic mass is 127. The highest BCUT2D eigenvalue weighted by Gasteiger charge is 2.28. The van der Waals surface area contributed by atoms with Crippen LogP contribution in [0, 0.1) is 11.8 Å². The molecule has 2 aliphatic heterocycles. The molecule has 7 nitrogen and oxygen atoms in total. The Hall–Kier alpha value is -0.430. The van der Waals surface area contributed by atoms with E-state index in [0.717, 1.165) is 30.5 Å². The van der Waals surface area contributed by atoms with Crippen LogP contribution in [-0.4, -0.2) is 69.5 Å². The molecule has 0 aliphatic carbocycles. The summed E-state index contributed by atoms with van der Waals surface area (Å²) in [6.07, 6.45) is 1.25. The number of rotatable bonds is 5. The van der Waals surface area contributed by atoms with Gasteiger partial charge in [-0.2, -0.15) is 4.31 Å². The molecule has 1 N–H and O–H groups in total. The standard InChI is InChI=1S/C19H32N4O3S2.HI/c1-4-20-19(22-13-15(2)11-16(3)14-22)21-12-17-5-6-18(27-17)28(24,25)23-7-9-26-10-8-23;/h5-6,15-16H,4,7-14H2,1-3H3,(H,20,21);1H. The number of guanidine groups is 1. The predicted octanol–water partition coefficient (Wildman–Crippen LogP) is 2.83. The summed E-state index contributed by atoms with van der Waals surface area (Å²) in [5.74, 6) is 2.23. The molecule has 0 bridgehead atoms. The van der Waals surface area contributed by atoms with Crippen LogP contribution in [0.1, 0.15) is 32.1 Å². The molecule has 0 spiro atoms. The van der Waals surface area contributed by atoms with Gasteiger partial charge in [0.15, 0.2) is 5.96 Å². The third kappa shape index (κ3) is 6.52. The summed E-state index contributed by atoms with van der Waals surface area (Å²) < 4.78 is 32.7. The molecule has 2 atom stereocenters. The largest absolute Gasteiger partial charge is 0.379 e. The van der Waals surface area contributed by atoms with Crippen molar-refractivity contribution in [2.45, 2.75) is 37.9 Å². The third-order valence-corrected chi connectivity index (χ3v) is 8.53. The van der Waals surface area contributed by atoms with Crippen molar-refractivity contribution in [3.63, 3.8) is 0 Å². The van der Waals surface area contributed by atoms with Crippen molar-refractivity contribution in [3.8, 4) is 0 Å². The molecule has 0 saturated carbocycles. The number of piperidine rings is 1. The average Bonchev–Trinajstić information content (AvgIpc) is 3.15. The van der Waals surface area contributed by atoms with Crippen LogP contribution in [0.5, 0.6) is 0 Å². The summed E-state index contributed by atoms with van der Waals surface area (Å²) in [4.78, 5) is 8.09. The Morgan fingerprint density at radius 3 is 2.52 bits per heavy atom. The molecule has 3 heterocycles. The molecule has 10 heteroatoms. The fourth-order valence-corrected chi connectivity index (χ4v) is 6.75. The molecule has 0 amide bonds. The number of halogens is 1. The van der Waals surface area contributed by atoms with Crippen LogP contribution < -0.4 is 5.32 Å². The summed E-state index contributed by atoms with van der Waals surface area (Å²) in [6, 6.07) is 3.59. The van der Waals surface area contributed by atoms with Gasteiger partial charge in [0.05, 0.1) is 19.8 Å². The SMILES string of the molecule is CCNC(=NCc1ccc(S(=O)(=O)N2CCOCC2)s1)N1CC(C)CC(C)C1.I. The maximum absolute atomic E-state index is 12.8. The first kappa shape index (κ1) is 24.8. The fraction of sp³-hybridized carbons (Fsp3) is 0.737. The van der Waals surface area contributed by atoms with E-state index in [-0.39, 0.29) is 24.0 Å². The van der Waals surface area contributed by atoms with E-state index >= 15 is 0 Å². The van der Waals surface area contributed by atoms with E-state index in [0.29, 0.717) is 48.9 Å². The number of hydrogen-bond acceptors (Lipinski definition) is 5. The average molecular weight is 557 g/mol. The lowest BCUT2D eigenvalue weighted by atomic mass is 9.92. The second kappa shape index (κ2) is 11.3. The summed E-state index contributed by atoms with van der Waals surface area (Å²) in [5, 5.41) is 3.39. The zero-order valence-corrected chi connectivity index (χ0v) is 21.4. The summed E-state index contributed by atoms with van der Waals surface area (Å²) in [6.45, 7) is 11.7. The van der Waals surface area contributed by atoms with Crippen LogP contribution in [0.2, 0.25) is 0 Å². The molecule has 1 aromatic heterocycles. The molecule has 3 rings (SSSR count). The van der Waals surface area contributed by atoms with Crippen molar-refractivity contribution in [3.05, 3.63) is 17.0 Å². The van der Waals surface area contributed by atoms with Gasteiger partial charge >= 0.3 is 0 Å². The molecule has 166 valence electrons. The van der Waals surface area contributed by atoms with Gasteiger partial charge in [0.2, 0.25) is 0 Å². The van der Waals surface area contributed by atoms with Gasteiger partial charge < -0.3 is 15.0 Å². The Balaban J connectivity index is 0.00000300. The quantitative estimate of drug-likeness (QED) is 0.343. The number of likely N-dealkylation sites (tertiary alicyclic amines) is 1. The molecule has 2 fully saturated rings. The monoisotopic (exact) mass is 556 g/mol. The van der Waals surface area contributed by atoms with Crippen molar-refractivity contribution < 1.29 is 13.2 Å². The molecule has 2 saturated heterocycles. The van der Waals surface area contributed by atoms with Crippen molar-refractivity contribution in [1.29, 1.82) is 0 Å². The Morgan fingerprint density at radius 1 is 1.24 bits per heavy atom. The van der Waals surface area contributed by atoms with Crippen molar-refractivity contribution in [1.82, 2.24) is 14.5 Å². The van der Waals surface area contributed by atoms with E-state index in [2.05, 4.69) is 31.0 Å². The van der Waals surface area contributed by atoms with E-state index in [4.69, 9.17) is 9.73 Å². The lowest BCUT2D eigenvalue weighted by Crippen LogP contribution is -2.48. The molecular formula is C19H33IN4O3S2. The van der Waals surface area contributed by atoms with E-state index in [1.807, 2.05) is 6.07 Å². The smallest absolute Gasteiger partial charge is 0.252 e. The molecule has 0 radical (unpaired) electrons. The molecular weight excluding hydrogens is 523 g/mol. The van der Waals surface area contributed by atoms with Gasteiger partial charge in [0, 0.05) is 37.6 Å². The Morgan fingerprint density at radius 2 is 1.90 bits per heavy atom. The van der Waals surface area contributed by atoms with E-state index in [9.17, 15) is 8.42 Å². The first-order valence-electron chi connectivity index (χ1n) is 10.1. The summed E-state index contributed by atoms with van der Waals surface area (Å²) in [7, 11) is -3.43. The van der Waals surface area contributed by atoms with Crippen molar-refractivity contribution >= 4 is 51.3 Å². The number of ether oxygens (including phenoxy) is 1. The van der Waals surface area contributed by atoms with Crippen LogP contribution in [0.15, 0.2) is 21.3 Å². The topological polar surface area (TPSA) is 74.2 Å². The van der Waals surface area contributed by atoms with Crippen LogP contribution in [0.4, 0.5) is 0 Å². The van der Waals surface area contributed by atoms with Crippen LogP contribution in [0.25, 0.3) is 0 Å². The lowest BCUT2D eigenvalue weighted by Gasteiger charge is -2.37. The van der Waals surface area contributed by atoms with Gasteiger partial charge in [0.25, 0.3) is 10.0 Å². The Bertz CT molecular complexity index is 768. The molecule has 2 aliphatic rings. The normalized spacial score (nSPS) is 24.2. The summed E-state index contributed by atoms with van der Waals surface area (Å²) >= 11 is 1.32. The number of thiophene rings is 1. The maximum Gasteiger partial charge on any atom is 0.252 e. The van der Waals surface area contributed by atoms with E-state index in [1.165, 1.54) is 22.1 Å². The van der Waals surface area contributed by atoms with Crippen molar-refractivity contribution in [2.24, 2.45) is 16.8 Å². The first-order valence-corrected chi connectivity index (χ1v) is 12.4. The second-order valence-electron chi connectivity index (χ2n) is 7.76. The fourth-order valence-electron chi connectivity index (χ4n) is 3.91. The molecule has 1 aromatic rings. The van der Waals surface area contributed by atoms with Gasteiger partial charge in [0.1, 0.15) is 4.21 Å². The zero-order valence-electron chi connectivity index (χ0n) is 17.5. The van der Waals surface area contributed by atoms with Gasteiger partial charge in [-0.1, -0.05) is 13.8 Å². The molecule has 2 unspecified atom stereocenters. The van der Waals surface area contributed by atoms with Crippen LogP contribution in [-0.2, 0) is 21.3 Å². The highest BCUT2D eigenvalue weighted by Crippen LogP contribution is 2.26. The zero-order chi connectivity index (χ0) is 20.1. The first-order chi connectivity index (χ1) is 13.4. The van der Waals surface area contributed by atoms with E-state index < -0.39 is 10.0 Å². The highest BCUT2D eigenvalue weighted by molar-refractivity contribution is 14.0. The van der Waals surface area contributed by atoms with Gasteiger partial charge in [-0.05, 0) is 37.3 Å². The lowest BCUT2D eigenvalue weighted by molar-refractivity contribution is 0.0731. The minimum Gasteiger partial charge on any atom is -0.379 e. The number of hydrogen-bond donors (Lipinski definition) is 1. The summed E-state index contributed by atoms with van der Waals surface area (Å²) in [5.41, 5.74) is 0. The number of nitrogens with one attached hydrogen (secondary N) is 1. The number of aliphatic imine (C=N–C) groups is 1. The third-order valence-electron chi connectivity index (χ3n) is 5.09. The minimum absolute atomic E-state index is 0. The van der Waals surface area contributed by atoms with Crippen LogP contribution >= 0.6 is 35.3 Å². The van der Waals surface area contributed by atoms with Gasteiger partial charge in [-0.3, -0.25) is 0 Å². The molecule has 0 aromatic carbocycles. The maximum atomic E-state index is 12.8. The minimum atomic E-state index is -3.43. The predicted molar refractivity (Wildman–Crippen MR) is 129 cm³/mol. The van der Waals surface area contributed by atoms with Crippen molar-refractivity contribution in [2.75, 3.05) is 45.9 Å². The van der Waals surface area contributed by atoms with Gasteiger partial charge in [-0.15, -0.1) is 35.3 Å². The van der Waals surface area contributed by atoms with Crippen LogP contribution in [0.3, 0.4) is 0 Å². The van der Waals surface area contributed by atoms with Gasteiger partial charge in [-0.25, -0.2) is 13.4 Å². The Kier molecular flexibility index (Phi) is 9.65. The second-order valence-corrected chi connectivity index (χ2v) is 11.1. The Labute approximate surface area is 196 Å².